The molecule has 2 aromatic rings. The summed E-state index contributed by atoms with van der Waals surface area (Å²) >= 11 is 1.66. The highest BCUT2D eigenvalue weighted by Gasteiger charge is 2.10. The summed E-state index contributed by atoms with van der Waals surface area (Å²) in [7, 11) is 1.86. The zero-order valence-corrected chi connectivity index (χ0v) is 8.62. The first-order valence-electron chi connectivity index (χ1n) is 4.31. The summed E-state index contributed by atoms with van der Waals surface area (Å²) in [5, 5.41) is 6.18. The first kappa shape index (κ1) is 9.15. The van der Waals surface area contributed by atoms with Gasteiger partial charge >= 0.3 is 0 Å². The van der Waals surface area contributed by atoms with Crippen LogP contribution in [-0.4, -0.2) is 16.1 Å². The van der Waals surface area contributed by atoms with Gasteiger partial charge in [-0.05, 0) is 11.4 Å². The third kappa shape index (κ3) is 1.48. The molecule has 0 aliphatic carbocycles. The summed E-state index contributed by atoms with van der Waals surface area (Å²) in [6.07, 6.45) is 3.14. The van der Waals surface area contributed by atoms with Gasteiger partial charge in [0, 0.05) is 23.9 Å². The molecule has 72 valence electrons. The van der Waals surface area contributed by atoms with Crippen LogP contribution in [0.4, 0.5) is 0 Å². The van der Waals surface area contributed by atoms with Crippen molar-refractivity contribution in [2.75, 3.05) is 0 Å². The van der Waals surface area contributed by atoms with Crippen molar-refractivity contribution in [3.8, 4) is 10.4 Å². The van der Waals surface area contributed by atoms with Crippen LogP contribution >= 0.6 is 11.3 Å². The highest BCUT2D eigenvalue weighted by atomic mass is 32.1. The minimum Gasteiger partial charge on any atom is -0.303 e. The standard InChI is InChI=1S/C10H10N2OS/c1-12-9(4-5-13)8(7-11-12)10-3-2-6-14-10/h2-3,5-7H,4H2,1H3. The predicted molar refractivity (Wildman–Crippen MR) is 56.3 cm³/mol. The number of thiophene rings is 1. The van der Waals surface area contributed by atoms with E-state index in [2.05, 4.69) is 5.10 Å². The molecule has 2 aromatic heterocycles. The van der Waals surface area contributed by atoms with E-state index in [0.717, 1.165) is 22.4 Å². The molecular formula is C10H10N2OS. The third-order valence-electron chi connectivity index (χ3n) is 2.12. The zero-order valence-electron chi connectivity index (χ0n) is 7.80. The second kappa shape index (κ2) is 3.75. The number of aldehydes is 1. The quantitative estimate of drug-likeness (QED) is 0.719. The molecule has 0 saturated carbocycles. The van der Waals surface area contributed by atoms with Gasteiger partial charge in [0.1, 0.15) is 6.29 Å². The number of aromatic nitrogens is 2. The minimum absolute atomic E-state index is 0.420. The maximum absolute atomic E-state index is 10.5. The first-order chi connectivity index (χ1) is 6.83. The SMILES string of the molecule is Cn1ncc(-c2cccs2)c1CC=O. The van der Waals surface area contributed by atoms with Gasteiger partial charge in [0.25, 0.3) is 0 Å². The van der Waals surface area contributed by atoms with Crippen molar-refractivity contribution in [1.29, 1.82) is 0 Å². The summed E-state index contributed by atoms with van der Waals surface area (Å²) in [6.45, 7) is 0. The van der Waals surface area contributed by atoms with Crippen molar-refractivity contribution in [3.05, 3.63) is 29.4 Å². The van der Waals surface area contributed by atoms with E-state index >= 15 is 0 Å². The van der Waals surface area contributed by atoms with Crippen LogP contribution in [0.2, 0.25) is 0 Å². The fourth-order valence-electron chi connectivity index (χ4n) is 1.42. The lowest BCUT2D eigenvalue weighted by Crippen LogP contribution is -1.99. The molecule has 0 atom stereocenters. The van der Waals surface area contributed by atoms with Crippen LogP contribution in [0.5, 0.6) is 0 Å². The van der Waals surface area contributed by atoms with E-state index in [0.29, 0.717) is 6.42 Å². The fourth-order valence-corrected chi connectivity index (χ4v) is 2.18. The van der Waals surface area contributed by atoms with E-state index in [-0.39, 0.29) is 0 Å². The Labute approximate surface area is 86.0 Å². The predicted octanol–water partition coefficient (Wildman–Crippen LogP) is 1.89. The van der Waals surface area contributed by atoms with Crippen molar-refractivity contribution < 1.29 is 4.79 Å². The molecule has 2 rings (SSSR count). The van der Waals surface area contributed by atoms with Crippen LogP contribution in [0.1, 0.15) is 5.69 Å². The summed E-state index contributed by atoms with van der Waals surface area (Å²) in [5.74, 6) is 0. The van der Waals surface area contributed by atoms with Gasteiger partial charge in [-0.1, -0.05) is 6.07 Å². The number of hydrogen-bond donors (Lipinski definition) is 0. The summed E-state index contributed by atoms with van der Waals surface area (Å²) in [4.78, 5) is 11.7. The summed E-state index contributed by atoms with van der Waals surface area (Å²) in [5.41, 5.74) is 2.04. The van der Waals surface area contributed by atoms with Gasteiger partial charge < -0.3 is 4.79 Å². The maximum Gasteiger partial charge on any atom is 0.125 e. The Morgan fingerprint density at radius 1 is 1.64 bits per heavy atom. The number of carbonyl (C=O) groups is 1. The smallest absolute Gasteiger partial charge is 0.125 e. The van der Waals surface area contributed by atoms with E-state index in [1.165, 1.54) is 0 Å². The number of aryl methyl sites for hydroxylation is 1. The molecule has 0 aromatic carbocycles. The average Bonchev–Trinajstić information content (AvgIpc) is 2.77. The van der Waals surface area contributed by atoms with E-state index in [4.69, 9.17) is 0 Å². The normalized spacial score (nSPS) is 10.4. The fraction of sp³-hybridized carbons (Fsp3) is 0.200. The topological polar surface area (TPSA) is 34.9 Å². The highest BCUT2D eigenvalue weighted by Crippen LogP contribution is 2.27. The van der Waals surface area contributed by atoms with Gasteiger partial charge in [-0.15, -0.1) is 11.3 Å². The first-order valence-corrected chi connectivity index (χ1v) is 5.19. The molecule has 0 aliphatic rings. The molecule has 0 radical (unpaired) electrons. The van der Waals surface area contributed by atoms with Crippen LogP contribution in [-0.2, 0) is 18.3 Å². The molecule has 14 heavy (non-hydrogen) atoms. The second-order valence-corrected chi connectivity index (χ2v) is 3.92. The molecular weight excluding hydrogens is 196 g/mol. The van der Waals surface area contributed by atoms with Crippen LogP contribution in [0.3, 0.4) is 0 Å². The largest absolute Gasteiger partial charge is 0.303 e. The number of rotatable bonds is 3. The monoisotopic (exact) mass is 206 g/mol. The van der Waals surface area contributed by atoms with E-state index < -0.39 is 0 Å². The Kier molecular flexibility index (Phi) is 2.45. The molecule has 2 heterocycles. The van der Waals surface area contributed by atoms with Crippen molar-refractivity contribution in [2.24, 2.45) is 7.05 Å². The van der Waals surface area contributed by atoms with Gasteiger partial charge in [0.15, 0.2) is 0 Å². The Balaban J connectivity index is 2.48. The van der Waals surface area contributed by atoms with Crippen molar-refractivity contribution in [1.82, 2.24) is 9.78 Å². The Morgan fingerprint density at radius 2 is 2.50 bits per heavy atom. The lowest BCUT2D eigenvalue weighted by atomic mass is 10.2. The van der Waals surface area contributed by atoms with Crippen LogP contribution in [0, 0.1) is 0 Å². The van der Waals surface area contributed by atoms with Gasteiger partial charge in [-0.3, -0.25) is 4.68 Å². The molecule has 0 unspecified atom stereocenters. The Morgan fingerprint density at radius 3 is 3.14 bits per heavy atom. The van der Waals surface area contributed by atoms with Crippen molar-refractivity contribution in [3.63, 3.8) is 0 Å². The molecule has 0 spiro atoms. The molecule has 4 heteroatoms. The van der Waals surface area contributed by atoms with Gasteiger partial charge in [0.05, 0.1) is 11.9 Å². The lowest BCUT2D eigenvalue weighted by molar-refractivity contribution is -0.107. The molecule has 0 fully saturated rings. The van der Waals surface area contributed by atoms with Gasteiger partial charge in [-0.2, -0.15) is 5.10 Å². The lowest BCUT2D eigenvalue weighted by Gasteiger charge is -1.99. The van der Waals surface area contributed by atoms with Gasteiger partial charge in [-0.25, -0.2) is 0 Å². The zero-order chi connectivity index (χ0) is 9.97. The molecule has 0 bridgehead atoms. The van der Waals surface area contributed by atoms with Gasteiger partial charge in [0.2, 0.25) is 0 Å². The molecule has 0 amide bonds. The minimum atomic E-state index is 0.420. The molecule has 0 saturated heterocycles. The number of carbonyl (C=O) groups excluding carboxylic acids is 1. The van der Waals surface area contributed by atoms with E-state index in [9.17, 15) is 4.79 Å². The Bertz CT molecular complexity index is 431. The van der Waals surface area contributed by atoms with Crippen LogP contribution < -0.4 is 0 Å². The van der Waals surface area contributed by atoms with E-state index in [1.54, 1.807) is 16.0 Å². The number of hydrogen-bond acceptors (Lipinski definition) is 3. The average molecular weight is 206 g/mol. The molecule has 3 nitrogen and oxygen atoms in total. The molecule has 0 N–H and O–H groups in total. The molecule has 0 aliphatic heterocycles. The third-order valence-corrected chi connectivity index (χ3v) is 3.03. The van der Waals surface area contributed by atoms with E-state index in [1.807, 2.05) is 30.8 Å². The summed E-state index contributed by atoms with van der Waals surface area (Å²) < 4.78 is 1.75. The Hall–Kier alpha value is -1.42. The second-order valence-electron chi connectivity index (χ2n) is 2.98. The van der Waals surface area contributed by atoms with Crippen LogP contribution in [0.25, 0.3) is 10.4 Å². The highest BCUT2D eigenvalue weighted by molar-refractivity contribution is 7.13. The van der Waals surface area contributed by atoms with Crippen LogP contribution in [0.15, 0.2) is 23.7 Å². The maximum atomic E-state index is 10.5. The van der Waals surface area contributed by atoms with Crippen molar-refractivity contribution in [2.45, 2.75) is 6.42 Å². The summed E-state index contributed by atoms with van der Waals surface area (Å²) in [6, 6.07) is 4.04. The number of nitrogens with zero attached hydrogens (tertiary/aromatic N) is 2. The van der Waals surface area contributed by atoms with Crippen molar-refractivity contribution >= 4 is 17.6 Å².